The second kappa shape index (κ2) is 4.05. The zero-order valence-electron chi connectivity index (χ0n) is 8.88. The molecule has 2 rings (SSSR count). The number of aromatic nitrogens is 2. The fourth-order valence-electron chi connectivity index (χ4n) is 2.08. The summed E-state index contributed by atoms with van der Waals surface area (Å²) in [7, 11) is 0. The highest BCUT2D eigenvalue weighted by Crippen LogP contribution is 2.14. The number of nitrogens with one attached hydrogen (secondary N) is 1. The maximum Gasteiger partial charge on any atom is 0.125 e. The number of rotatable bonds is 2. The second-order valence-corrected chi connectivity index (χ2v) is 4.11. The van der Waals surface area contributed by atoms with E-state index in [4.69, 9.17) is 0 Å². The standard InChI is InChI=1S/C11H17N3/c1-8-5-11(14-9(2)13-8)6-10-3-4-12-7-10/h5,10,12H,3-4,6-7H2,1-2H3/t10-/m1/s1. The first-order valence-electron chi connectivity index (χ1n) is 5.26. The summed E-state index contributed by atoms with van der Waals surface area (Å²) in [6.07, 6.45) is 2.37. The summed E-state index contributed by atoms with van der Waals surface area (Å²) < 4.78 is 0. The van der Waals surface area contributed by atoms with Crippen LogP contribution in [0.15, 0.2) is 6.07 Å². The van der Waals surface area contributed by atoms with Crippen molar-refractivity contribution in [2.75, 3.05) is 13.1 Å². The highest BCUT2D eigenvalue weighted by Gasteiger charge is 2.15. The zero-order valence-corrected chi connectivity index (χ0v) is 8.88. The van der Waals surface area contributed by atoms with Gasteiger partial charge in [-0.1, -0.05) is 0 Å². The molecular weight excluding hydrogens is 174 g/mol. The molecule has 1 aliphatic heterocycles. The molecule has 0 saturated carbocycles. The van der Waals surface area contributed by atoms with Gasteiger partial charge >= 0.3 is 0 Å². The second-order valence-electron chi connectivity index (χ2n) is 4.11. The lowest BCUT2D eigenvalue weighted by Crippen LogP contribution is -2.12. The van der Waals surface area contributed by atoms with Crippen LogP contribution in [0.2, 0.25) is 0 Å². The van der Waals surface area contributed by atoms with Gasteiger partial charge < -0.3 is 5.32 Å². The molecule has 0 aliphatic carbocycles. The van der Waals surface area contributed by atoms with Crippen molar-refractivity contribution in [2.24, 2.45) is 5.92 Å². The lowest BCUT2D eigenvalue weighted by Gasteiger charge is -2.08. The molecule has 1 aliphatic rings. The minimum Gasteiger partial charge on any atom is -0.316 e. The predicted molar refractivity (Wildman–Crippen MR) is 56.2 cm³/mol. The van der Waals surface area contributed by atoms with Gasteiger partial charge in [-0.05, 0) is 51.8 Å². The van der Waals surface area contributed by atoms with Crippen LogP contribution < -0.4 is 5.32 Å². The van der Waals surface area contributed by atoms with E-state index >= 15 is 0 Å². The molecule has 0 aromatic carbocycles. The Kier molecular flexibility index (Phi) is 2.77. The van der Waals surface area contributed by atoms with E-state index in [1.165, 1.54) is 12.1 Å². The molecule has 1 N–H and O–H groups in total. The summed E-state index contributed by atoms with van der Waals surface area (Å²) in [4.78, 5) is 8.74. The Morgan fingerprint density at radius 3 is 2.93 bits per heavy atom. The summed E-state index contributed by atoms with van der Waals surface area (Å²) in [5, 5.41) is 3.38. The van der Waals surface area contributed by atoms with Crippen molar-refractivity contribution < 1.29 is 0 Å². The molecule has 3 heteroatoms. The molecule has 76 valence electrons. The molecule has 1 aromatic heterocycles. The number of hydrogen-bond acceptors (Lipinski definition) is 3. The van der Waals surface area contributed by atoms with Gasteiger partial charge in [-0.25, -0.2) is 9.97 Å². The maximum atomic E-state index is 4.46. The first-order chi connectivity index (χ1) is 6.74. The number of aryl methyl sites for hydroxylation is 2. The summed E-state index contributed by atoms with van der Waals surface area (Å²) in [5.41, 5.74) is 2.28. The van der Waals surface area contributed by atoms with Crippen LogP contribution in [0.1, 0.15) is 23.6 Å². The number of hydrogen-bond donors (Lipinski definition) is 1. The molecular formula is C11H17N3. The molecule has 2 heterocycles. The van der Waals surface area contributed by atoms with Crippen molar-refractivity contribution in [3.05, 3.63) is 23.3 Å². The van der Waals surface area contributed by atoms with Crippen LogP contribution in [0.25, 0.3) is 0 Å². The Morgan fingerprint density at radius 1 is 1.43 bits per heavy atom. The van der Waals surface area contributed by atoms with Crippen LogP contribution in [0, 0.1) is 19.8 Å². The first-order valence-corrected chi connectivity index (χ1v) is 5.26. The predicted octanol–water partition coefficient (Wildman–Crippen LogP) is 1.25. The molecule has 0 bridgehead atoms. The molecule has 0 radical (unpaired) electrons. The van der Waals surface area contributed by atoms with Crippen LogP contribution in [0.5, 0.6) is 0 Å². The van der Waals surface area contributed by atoms with E-state index < -0.39 is 0 Å². The van der Waals surface area contributed by atoms with E-state index in [1.807, 2.05) is 13.8 Å². The third-order valence-electron chi connectivity index (χ3n) is 2.68. The van der Waals surface area contributed by atoms with Crippen molar-refractivity contribution in [1.29, 1.82) is 0 Å². The Labute approximate surface area is 85.0 Å². The quantitative estimate of drug-likeness (QED) is 0.764. The van der Waals surface area contributed by atoms with E-state index in [0.717, 1.165) is 36.9 Å². The Bertz CT molecular complexity index is 296. The molecule has 0 unspecified atom stereocenters. The van der Waals surface area contributed by atoms with Gasteiger partial charge in [0, 0.05) is 11.4 Å². The zero-order chi connectivity index (χ0) is 9.97. The van der Waals surface area contributed by atoms with E-state index in [9.17, 15) is 0 Å². The van der Waals surface area contributed by atoms with Gasteiger partial charge in [0.15, 0.2) is 0 Å². The minimum atomic E-state index is 0.767. The molecule has 1 atom stereocenters. The van der Waals surface area contributed by atoms with Crippen LogP contribution in [0.3, 0.4) is 0 Å². The van der Waals surface area contributed by atoms with Crippen molar-refractivity contribution in [1.82, 2.24) is 15.3 Å². The Hall–Kier alpha value is -0.960. The Balaban J connectivity index is 2.07. The van der Waals surface area contributed by atoms with Gasteiger partial charge in [0.1, 0.15) is 5.82 Å². The maximum absolute atomic E-state index is 4.46. The van der Waals surface area contributed by atoms with E-state index in [-0.39, 0.29) is 0 Å². The smallest absolute Gasteiger partial charge is 0.125 e. The molecule has 0 spiro atoms. The molecule has 1 saturated heterocycles. The van der Waals surface area contributed by atoms with Gasteiger partial charge in [-0.15, -0.1) is 0 Å². The van der Waals surface area contributed by atoms with Gasteiger partial charge in [0.25, 0.3) is 0 Å². The van der Waals surface area contributed by atoms with E-state index in [2.05, 4.69) is 21.4 Å². The van der Waals surface area contributed by atoms with Crippen LogP contribution in [0.4, 0.5) is 0 Å². The summed E-state index contributed by atoms with van der Waals surface area (Å²) in [5.74, 6) is 1.66. The van der Waals surface area contributed by atoms with Crippen molar-refractivity contribution >= 4 is 0 Å². The van der Waals surface area contributed by atoms with E-state index in [1.54, 1.807) is 0 Å². The van der Waals surface area contributed by atoms with Gasteiger partial charge in [0.05, 0.1) is 0 Å². The highest BCUT2D eigenvalue weighted by atomic mass is 14.9. The summed E-state index contributed by atoms with van der Waals surface area (Å²) >= 11 is 0. The average Bonchev–Trinajstić information content (AvgIpc) is 2.54. The fraction of sp³-hybridized carbons (Fsp3) is 0.636. The van der Waals surface area contributed by atoms with Crippen LogP contribution >= 0.6 is 0 Å². The SMILES string of the molecule is Cc1cc(C[C@H]2CCNC2)nc(C)n1. The lowest BCUT2D eigenvalue weighted by atomic mass is 10.0. The van der Waals surface area contributed by atoms with E-state index in [0.29, 0.717) is 0 Å². The molecule has 3 nitrogen and oxygen atoms in total. The molecule has 1 aromatic rings. The Morgan fingerprint density at radius 2 is 2.29 bits per heavy atom. The monoisotopic (exact) mass is 191 g/mol. The largest absolute Gasteiger partial charge is 0.316 e. The minimum absolute atomic E-state index is 0.767. The average molecular weight is 191 g/mol. The fourth-order valence-corrected chi connectivity index (χ4v) is 2.08. The van der Waals surface area contributed by atoms with Crippen molar-refractivity contribution in [3.63, 3.8) is 0 Å². The molecule has 1 fully saturated rings. The normalized spacial score (nSPS) is 21.4. The topological polar surface area (TPSA) is 37.8 Å². The van der Waals surface area contributed by atoms with Gasteiger partial charge in [-0.2, -0.15) is 0 Å². The van der Waals surface area contributed by atoms with Crippen molar-refractivity contribution in [3.8, 4) is 0 Å². The first kappa shape index (κ1) is 9.59. The van der Waals surface area contributed by atoms with Gasteiger partial charge in [0.2, 0.25) is 0 Å². The summed E-state index contributed by atoms with van der Waals surface area (Å²) in [6.45, 7) is 6.30. The molecule has 0 amide bonds. The van der Waals surface area contributed by atoms with Gasteiger partial charge in [-0.3, -0.25) is 0 Å². The third kappa shape index (κ3) is 2.29. The van der Waals surface area contributed by atoms with Crippen molar-refractivity contribution in [2.45, 2.75) is 26.7 Å². The van der Waals surface area contributed by atoms with Crippen LogP contribution in [-0.2, 0) is 6.42 Å². The third-order valence-corrected chi connectivity index (χ3v) is 2.68. The number of nitrogens with zero attached hydrogens (tertiary/aromatic N) is 2. The van der Waals surface area contributed by atoms with Crippen LogP contribution in [-0.4, -0.2) is 23.1 Å². The lowest BCUT2D eigenvalue weighted by molar-refractivity contribution is 0.569. The molecule has 14 heavy (non-hydrogen) atoms. The highest BCUT2D eigenvalue weighted by molar-refractivity contribution is 5.10. The summed E-state index contributed by atoms with van der Waals surface area (Å²) in [6, 6.07) is 2.10.